The van der Waals surface area contributed by atoms with E-state index in [2.05, 4.69) is 0 Å². The van der Waals surface area contributed by atoms with Gasteiger partial charge in [0.25, 0.3) is 0 Å². The van der Waals surface area contributed by atoms with Crippen LogP contribution in [0.15, 0.2) is 47.4 Å². The molecule has 0 aliphatic rings. The molecule has 0 amide bonds. The van der Waals surface area contributed by atoms with Gasteiger partial charge in [0.05, 0.1) is 4.90 Å². The van der Waals surface area contributed by atoms with Crippen molar-refractivity contribution in [1.29, 1.82) is 0 Å². The summed E-state index contributed by atoms with van der Waals surface area (Å²) in [5.74, 6) is 0. The number of nitrogens with zero attached hydrogens (tertiary/aromatic N) is 1. The zero-order chi connectivity index (χ0) is 15.6. The lowest BCUT2D eigenvalue weighted by atomic mass is 10.1. The van der Waals surface area contributed by atoms with E-state index in [1.807, 2.05) is 31.2 Å². The van der Waals surface area contributed by atoms with Crippen molar-refractivity contribution in [2.75, 3.05) is 12.8 Å². The average molecular weight is 304 g/mol. The number of nitrogen functional groups attached to an aromatic ring is 1. The van der Waals surface area contributed by atoms with Gasteiger partial charge < -0.3 is 5.73 Å². The smallest absolute Gasteiger partial charge is 0.243 e. The lowest BCUT2D eigenvalue weighted by Crippen LogP contribution is -2.26. The van der Waals surface area contributed by atoms with Crippen LogP contribution >= 0.6 is 0 Å². The lowest BCUT2D eigenvalue weighted by Gasteiger charge is -2.18. The van der Waals surface area contributed by atoms with Crippen molar-refractivity contribution < 1.29 is 8.42 Å². The molecular weight excluding hydrogens is 284 g/mol. The Morgan fingerprint density at radius 3 is 2.24 bits per heavy atom. The summed E-state index contributed by atoms with van der Waals surface area (Å²) >= 11 is 0. The van der Waals surface area contributed by atoms with E-state index in [0.717, 1.165) is 16.7 Å². The van der Waals surface area contributed by atoms with Gasteiger partial charge in [0.15, 0.2) is 0 Å². The molecule has 0 bridgehead atoms. The molecule has 0 aromatic heterocycles. The van der Waals surface area contributed by atoms with Crippen LogP contribution in [0, 0.1) is 13.8 Å². The third-order valence-electron chi connectivity index (χ3n) is 3.48. The van der Waals surface area contributed by atoms with Gasteiger partial charge in [0.2, 0.25) is 10.0 Å². The third kappa shape index (κ3) is 3.43. The predicted molar refractivity (Wildman–Crippen MR) is 85.4 cm³/mol. The Hall–Kier alpha value is -1.85. The molecule has 2 aromatic rings. The normalized spacial score (nSPS) is 11.8. The molecule has 2 rings (SSSR count). The number of anilines is 1. The van der Waals surface area contributed by atoms with Crippen LogP contribution in [-0.2, 0) is 16.6 Å². The molecule has 0 atom stereocenters. The van der Waals surface area contributed by atoms with Gasteiger partial charge in [0, 0.05) is 19.3 Å². The van der Waals surface area contributed by atoms with E-state index < -0.39 is 10.0 Å². The van der Waals surface area contributed by atoms with Crippen LogP contribution in [0.3, 0.4) is 0 Å². The van der Waals surface area contributed by atoms with Crippen LogP contribution in [0.4, 0.5) is 5.69 Å². The van der Waals surface area contributed by atoms with Crippen LogP contribution in [0.5, 0.6) is 0 Å². The average Bonchev–Trinajstić information content (AvgIpc) is 2.44. The molecule has 2 aromatic carbocycles. The van der Waals surface area contributed by atoms with E-state index in [9.17, 15) is 8.42 Å². The van der Waals surface area contributed by atoms with Crippen molar-refractivity contribution in [1.82, 2.24) is 4.31 Å². The van der Waals surface area contributed by atoms with Crippen LogP contribution in [0.1, 0.15) is 16.7 Å². The SMILES string of the molecule is Cc1ccc(CN(C)S(=O)(=O)c2ccc(N)c(C)c2)cc1. The standard InChI is InChI=1S/C16H20N2O2S/c1-12-4-6-14(7-5-12)11-18(3)21(19,20)15-8-9-16(17)13(2)10-15/h4-10H,11,17H2,1-3H3. The zero-order valence-electron chi connectivity index (χ0n) is 12.5. The maximum atomic E-state index is 12.6. The first-order valence-electron chi connectivity index (χ1n) is 6.69. The fourth-order valence-corrected chi connectivity index (χ4v) is 3.27. The van der Waals surface area contributed by atoms with Crippen molar-refractivity contribution in [2.24, 2.45) is 0 Å². The molecule has 0 spiro atoms. The third-order valence-corrected chi connectivity index (χ3v) is 5.27. The van der Waals surface area contributed by atoms with Gasteiger partial charge in [-0.3, -0.25) is 0 Å². The lowest BCUT2D eigenvalue weighted by molar-refractivity contribution is 0.466. The van der Waals surface area contributed by atoms with Crippen molar-refractivity contribution >= 4 is 15.7 Å². The summed E-state index contributed by atoms with van der Waals surface area (Å²) in [6.07, 6.45) is 0. The Balaban J connectivity index is 2.25. The number of sulfonamides is 1. The van der Waals surface area contributed by atoms with Crippen molar-refractivity contribution in [3.05, 3.63) is 59.2 Å². The minimum Gasteiger partial charge on any atom is -0.399 e. The maximum Gasteiger partial charge on any atom is 0.243 e. The number of aryl methyl sites for hydroxylation is 2. The largest absolute Gasteiger partial charge is 0.399 e. The minimum atomic E-state index is -3.51. The van der Waals surface area contributed by atoms with Gasteiger partial charge >= 0.3 is 0 Å². The second kappa shape index (κ2) is 5.87. The Kier molecular flexibility index (Phi) is 4.34. The summed E-state index contributed by atoms with van der Waals surface area (Å²) in [6, 6.07) is 12.6. The van der Waals surface area contributed by atoms with Gasteiger partial charge in [-0.05, 0) is 43.2 Å². The Bertz CT molecular complexity index is 737. The van der Waals surface area contributed by atoms with Gasteiger partial charge in [-0.25, -0.2) is 8.42 Å². The van der Waals surface area contributed by atoms with E-state index in [1.165, 1.54) is 4.31 Å². The first-order chi connectivity index (χ1) is 9.80. The molecular formula is C16H20N2O2S. The first kappa shape index (κ1) is 15.5. The summed E-state index contributed by atoms with van der Waals surface area (Å²) < 4.78 is 26.5. The van der Waals surface area contributed by atoms with Gasteiger partial charge in [-0.15, -0.1) is 0 Å². The predicted octanol–water partition coefficient (Wildman–Crippen LogP) is 2.71. The van der Waals surface area contributed by atoms with Crippen LogP contribution < -0.4 is 5.73 Å². The minimum absolute atomic E-state index is 0.267. The Morgan fingerprint density at radius 2 is 1.67 bits per heavy atom. The molecule has 0 unspecified atom stereocenters. The van der Waals surface area contributed by atoms with Crippen molar-refractivity contribution in [2.45, 2.75) is 25.3 Å². The summed E-state index contributed by atoms with van der Waals surface area (Å²) in [7, 11) is -1.92. The molecule has 0 radical (unpaired) electrons. The maximum absolute atomic E-state index is 12.6. The highest BCUT2D eigenvalue weighted by molar-refractivity contribution is 7.89. The molecule has 0 aliphatic heterocycles. The monoisotopic (exact) mass is 304 g/mol. The number of hydrogen-bond acceptors (Lipinski definition) is 3. The Morgan fingerprint density at radius 1 is 1.05 bits per heavy atom. The second-order valence-corrected chi connectivity index (χ2v) is 7.31. The molecule has 2 N–H and O–H groups in total. The van der Waals surface area contributed by atoms with Crippen LogP contribution in [0.2, 0.25) is 0 Å². The number of hydrogen-bond donors (Lipinski definition) is 1. The quantitative estimate of drug-likeness (QED) is 0.883. The molecule has 5 heteroatoms. The molecule has 4 nitrogen and oxygen atoms in total. The van der Waals surface area contributed by atoms with Crippen molar-refractivity contribution in [3.8, 4) is 0 Å². The molecule has 0 aliphatic carbocycles. The fourth-order valence-electron chi connectivity index (χ4n) is 2.02. The Labute approximate surface area is 126 Å². The molecule has 0 fully saturated rings. The summed E-state index contributed by atoms with van der Waals surface area (Å²) in [5, 5.41) is 0. The fraction of sp³-hybridized carbons (Fsp3) is 0.250. The molecule has 21 heavy (non-hydrogen) atoms. The van der Waals surface area contributed by atoms with E-state index >= 15 is 0 Å². The zero-order valence-corrected chi connectivity index (χ0v) is 13.3. The van der Waals surface area contributed by atoms with Crippen LogP contribution in [-0.4, -0.2) is 19.8 Å². The summed E-state index contributed by atoms with van der Waals surface area (Å²) in [5.41, 5.74) is 9.20. The summed E-state index contributed by atoms with van der Waals surface area (Å²) in [4.78, 5) is 0.267. The molecule has 0 saturated heterocycles. The van der Waals surface area contributed by atoms with E-state index in [4.69, 9.17) is 5.73 Å². The van der Waals surface area contributed by atoms with Crippen molar-refractivity contribution in [3.63, 3.8) is 0 Å². The van der Waals surface area contributed by atoms with E-state index in [-0.39, 0.29) is 4.90 Å². The number of nitrogens with two attached hydrogens (primary N) is 1. The molecule has 0 heterocycles. The van der Waals surface area contributed by atoms with Gasteiger partial charge in [-0.2, -0.15) is 4.31 Å². The van der Waals surface area contributed by atoms with Crippen LogP contribution in [0.25, 0.3) is 0 Å². The van der Waals surface area contributed by atoms with E-state index in [0.29, 0.717) is 12.2 Å². The van der Waals surface area contributed by atoms with Gasteiger partial charge in [0.1, 0.15) is 0 Å². The summed E-state index contributed by atoms with van der Waals surface area (Å²) in [6.45, 7) is 4.14. The number of rotatable bonds is 4. The molecule has 0 saturated carbocycles. The molecule has 112 valence electrons. The first-order valence-corrected chi connectivity index (χ1v) is 8.13. The van der Waals surface area contributed by atoms with Gasteiger partial charge in [-0.1, -0.05) is 29.8 Å². The van der Waals surface area contributed by atoms with E-state index in [1.54, 1.807) is 32.2 Å². The highest BCUT2D eigenvalue weighted by atomic mass is 32.2. The number of benzene rings is 2. The second-order valence-electron chi connectivity index (χ2n) is 5.27. The topological polar surface area (TPSA) is 63.4 Å². The highest BCUT2D eigenvalue weighted by Gasteiger charge is 2.21. The highest BCUT2D eigenvalue weighted by Crippen LogP contribution is 2.21.